The average Bonchev–Trinajstić information content (AvgIpc) is 2.98. The van der Waals surface area contributed by atoms with Gasteiger partial charge in [0.05, 0.1) is 6.54 Å². The van der Waals surface area contributed by atoms with Gasteiger partial charge in [-0.1, -0.05) is 25.7 Å². The van der Waals surface area contributed by atoms with Crippen molar-refractivity contribution >= 4 is 5.91 Å². The second kappa shape index (κ2) is 7.12. The molecule has 1 saturated heterocycles. The summed E-state index contributed by atoms with van der Waals surface area (Å²) >= 11 is 0. The lowest BCUT2D eigenvalue weighted by Gasteiger charge is -2.25. The summed E-state index contributed by atoms with van der Waals surface area (Å²) in [5.41, 5.74) is 0. The molecule has 1 amide bonds. The van der Waals surface area contributed by atoms with Gasteiger partial charge in [0, 0.05) is 6.04 Å². The molecule has 1 aromatic heterocycles. The number of amides is 1. The lowest BCUT2D eigenvalue weighted by atomic mass is 9.95. The summed E-state index contributed by atoms with van der Waals surface area (Å²) < 4.78 is 5.74. The van der Waals surface area contributed by atoms with Gasteiger partial charge in [-0.2, -0.15) is 0 Å². The van der Waals surface area contributed by atoms with Gasteiger partial charge in [-0.15, -0.1) is 0 Å². The molecule has 21 heavy (non-hydrogen) atoms. The number of carbonyl (C=O) groups excluding carboxylic acids is 1. The van der Waals surface area contributed by atoms with Crippen LogP contribution in [0.15, 0.2) is 16.5 Å². The topological polar surface area (TPSA) is 45.5 Å². The fourth-order valence-corrected chi connectivity index (χ4v) is 3.43. The maximum Gasteiger partial charge on any atom is 0.287 e. The smallest absolute Gasteiger partial charge is 0.287 e. The number of hydrogen-bond acceptors (Lipinski definition) is 3. The number of carbonyl (C=O) groups is 1. The van der Waals surface area contributed by atoms with Crippen LogP contribution in [0.25, 0.3) is 0 Å². The number of nitrogens with one attached hydrogen (secondary N) is 1. The van der Waals surface area contributed by atoms with Crippen LogP contribution in [0, 0.1) is 0 Å². The fraction of sp³-hybridized carbons (Fsp3) is 0.706. The number of likely N-dealkylation sites (tertiary alicyclic amines) is 1. The van der Waals surface area contributed by atoms with E-state index in [1.807, 2.05) is 12.1 Å². The predicted octanol–water partition coefficient (Wildman–Crippen LogP) is 3.33. The molecule has 1 aromatic rings. The summed E-state index contributed by atoms with van der Waals surface area (Å²) in [6, 6.07) is 4.10. The molecule has 0 radical (unpaired) electrons. The van der Waals surface area contributed by atoms with Crippen molar-refractivity contribution in [1.82, 2.24) is 10.2 Å². The van der Waals surface area contributed by atoms with Crippen LogP contribution in [0.1, 0.15) is 67.7 Å². The molecule has 0 aromatic carbocycles. The fourth-order valence-electron chi connectivity index (χ4n) is 3.43. The summed E-state index contributed by atoms with van der Waals surface area (Å²) in [6.07, 6.45) is 9.84. The van der Waals surface area contributed by atoms with Crippen LogP contribution in [0.3, 0.4) is 0 Å². The van der Waals surface area contributed by atoms with Gasteiger partial charge < -0.3 is 9.73 Å². The van der Waals surface area contributed by atoms with E-state index >= 15 is 0 Å². The third kappa shape index (κ3) is 4.10. The summed E-state index contributed by atoms with van der Waals surface area (Å²) in [6.45, 7) is 3.12. The zero-order valence-electron chi connectivity index (χ0n) is 12.8. The minimum absolute atomic E-state index is 0.0493. The van der Waals surface area contributed by atoms with Gasteiger partial charge in [-0.25, -0.2) is 0 Å². The van der Waals surface area contributed by atoms with Gasteiger partial charge >= 0.3 is 0 Å². The van der Waals surface area contributed by atoms with Crippen LogP contribution < -0.4 is 5.32 Å². The largest absolute Gasteiger partial charge is 0.455 e. The molecule has 4 nitrogen and oxygen atoms in total. The van der Waals surface area contributed by atoms with E-state index in [0.717, 1.165) is 38.2 Å². The molecule has 116 valence electrons. The summed E-state index contributed by atoms with van der Waals surface area (Å²) in [5.74, 6) is 1.32. The van der Waals surface area contributed by atoms with Gasteiger partial charge in [-0.05, 0) is 50.9 Å². The molecular formula is C17H26N2O2. The second-order valence-corrected chi connectivity index (χ2v) is 6.41. The molecular weight excluding hydrogens is 264 g/mol. The van der Waals surface area contributed by atoms with E-state index in [2.05, 4.69) is 10.2 Å². The molecule has 0 atom stereocenters. The van der Waals surface area contributed by atoms with Gasteiger partial charge in [0.15, 0.2) is 5.76 Å². The van der Waals surface area contributed by atoms with Gasteiger partial charge in [-0.3, -0.25) is 9.69 Å². The predicted molar refractivity (Wildman–Crippen MR) is 82.2 cm³/mol. The molecule has 3 rings (SSSR count). The second-order valence-electron chi connectivity index (χ2n) is 6.41. The van der Waals surface area contributed by atoms with Crippen molar-refractivity contribution in [3.8, 4) is 0 Å². The molecule has 2 heterocycles. The molecule has 0 bridgehead atoms. The van der Waals surface area contributed by atoms with Crippen molar-refractivity contribution in [2.75, 3.05) is 13.1 Å². The highest BCUT2D eigenvalue weighted by molar-refractivity contribution is 5.91. The van der Waals surface area contributed by atoms with Crippen molar-refractivity contribution in [3.63, 3.8) is 0 Å². The first-order valence-corrected chi connectivity index (χ1v) is 8.43. The summed E-state index contributed by atoms with van der Waals surface area (Å²) in [5, 5.41) is 3.11. The summed E-state index contributed by atoms with van der Waals surface area (Å²) in [7, 11) is 0. The van der Waals surface area contributed by atoms with Gasteiger partial charge in [0.25, 0.3) is 5.91 Å². The number of piperidine rings is 1. The Hall–Kier alpha value is -1.29. The van der Waals surface area contributed by atoms with Crippen LogP contribution in [-0.2, 0) is 6.54 Å². The maximum atomic E-state index is 12.2. The molecule has 1 aliphatic heterocycles. The lowest BCUT2D eigenvalue weighted by molar-refractivity contribution is 0.0895. The van der Waals surface area contributed by atoms with Crippen molar-refractivity contribution in [3.05, 3.63) is 23.7 Å². The van der Waals surface area contributed by atoms with E-state index in [0.29, 0.717) is 11.8 Å². The van der Waals surface area contributed by atoms with E-state index < -0.39 is 0 Å². The molecule has 0 spiro atoms. The van der Waals surface area contributed by atoms with Gasteiger partial charge in [0.1, 0.15) is 5.76 Å². The summed E-state index contributed by atoms with van der Waals surface area (Å²) in [4.78, 5) is 14.6. The zero-order chi connectivity index (χ0) is 14.5. The van der Waals surface area contributed by atoms with E-state index in [4.69, 9.17) is 4.42 Å². The first-order valence-electron chi connectivity index (χ1n) is 8.43. The molecule has 1 saturated carbocycles. The normalized spacial score (nSPS) is 21.3. The molecule has 1 N–H and O–H groups in total. The van der Waals surface area contributed by atoms with E-state index in [-0.39, 0.29) is 5.91 Å². The Labute approximate surface area is 126 Å². The molecule has 2 aliphatic rings. The van der Waals surface area contributed by atoms with E-state index in [9.17, 15) is 4.79 Å². The average molecular weight is 290 g/mol. The Balaban J connectivity index is 1.52. The number of rotatable bonds is 4. The van der Waals surface area contributed by atoms with Crippen molar-refractivity contribution in [1.29, 1.82) is 0 Å². The van der Waals surface area contributed by atoms with Crippen molar-refractivity contribution < 1.29 is 9.21 Å². The van der Waals surface area contributed by atoms with Crippen LogP contribution >= 0.6 is 0 Å². The quantitative estimate of drug-likeness (QED) is 0.925. The third-order valence-electron chi connectivity index (χ3n) is 4.65. The Bertz CT molecular complexity index is 457. The van der Waals surface area contributed by atoms with Crippen LogP contribution in [0.4, 0.5) is 0 Å². The van der Waals surface area contributed by atoms with Crippen LogP contribution in [0.2, 0.25) is 0 Å². The monoisotopic (exact) mass is 290 g/mol. The van der Waals surface area contributed by atoms with Crippen molar-refractivity contribution in [2.24, 2.45) is 0 Å². The Morgan fingerprint density at radius 1 is 1.10 bits per heavy atom. The minimum Gasteiger partial charge on any atom is -0.455 e. The SMILES string of the molecule is O=C(NC1CCCCC1)c1ccc(CN2CCCCC2)o1. The van der Waals surface area contributed by atoms with E-state index in [1.165, 1.54) is 38.5 Å². The highest BCUT2D eigenvalue weighted by Gasteiger charge is 2.19. The number of hydrogen-bond donors (Lipinski definition) is 1. The van der Waals surface area contributed by atoms with Crippen molar-refractivity contribution in [2.45, 2.75) is 64.0 Å². The van der Waals surface area contributed by atoms with Crippen LogP contribution in [-0.4, -0.2) is 29.9 Å². The first-order chi connectivity index (χ1) is 10.3. The number of nitrogens with zero attached hydrogens (tertiary/aromatic N) is 1. The molecule has 0 unspecified atom stereocenters. The molecule has 2 fully saturated rings. The molecule has 4 heteroatoms. The minimum atomic E-state index is -0.0493. The Kier molecular flexibility index (Phi) is 4.96. The maximum absolute atomic E-state index is 12.2. The Morgan fingerprint density at radius 3 is 2.57 bits per heavy atom. The highest BCUT2D eigenvalue weighted by atomic mass is 16.4. The Morgan fingerprint density at radius 2 is 1.81 bits per heavy atom. The third-order valence-corrected chi connectivity index (χ3v) is 4.65. The van der Waals surface area contributed by atoms with Crippen LogP contribution in [0.5, 0.6) is 0 Å². The standard InChI is InChI=1S/C17H26N2O2/c20-17(18-14-7-3-1-4-8-14)16-10-9-15(21-16)13-19-11-5-2-6-12-19/h9-10,14H,1-8,11-13H2,(H,18,20). The zero-order valence-corrected chi connectivity index (χ0v) is 12.8. The van der Waals surface area contributed by atoms with E-state index in [1.54, 1.807) is 0 Å². The lowest BCUT2D eigenvalue weighted by Crippen LogP contribution is -2.35. The number of furan rings is 1. The highest BCUT2D eigenvalue weighted by Crippen LogP contribution is 2.19. The molecule has 1 aliphatic carbocycles. The van der Waals surface area contributed by atoms with Gasteiger partial charge in [0.2, 0.25) is 0 Å². The first kappa shape index (κ1) is 14.6.